The van der Waals surface area contributed by atoms with Gasteiger partial charge >= 0.3 is 0 Å². The number of pyridine rings is 1. The fourth-order valence-electron chi connectivity index (χ4n) is 3.07. The molecular weight excluding hydrogens is 388 g/mol. The van der Waals surface area contributed by atoms with Gasteiger partial charge in [-0.25, -0.2) is 0 Å². The number of rotatable bonds is 5. The summed E-state index contributed by atoms with van der Waals surface area (Å²) in [4.78, 5) is 16.7. The summed E-state index contributed by atoms with van der Waals surface area (Å²) >= 11 is 6.22. The summed E-state index contributed by atoms with van der Waals surface area (Å²) < 4.78 is 1.84. The maximum Gasteiger partial charge on any atom is 0.256 e. The molecule has 0 saturated heterocycles. The number of benzene rings is 1. The predicted molar refractivity (Wildman–Crippen MR) is 112 cm³/mol. The lowest BCUT2D eigenvalue weighted by molar-refractivity contribution is 0.102. The minimum absolute atomic E-state index is 0.231. The summed E-state index contributed by atoms with van der Waals surface area (Å²) in [7, 11) is 0. The van der Waals surface area contributed by atoms with Crippen LogP contribution in [0.5, 0.6) is 0 Å². The van der Waals surface area contributed by atoms with Gasteiger partial charge in [0.25, 0.3) is 5.91 Å². The van der Waals surface area contributed by atoms with Crippen molar-refractivity contribution in [2.24, 2.45) is 0 Å². The van der Waals surface area contributed by atoms with Gasteiger partial charge in [-0.1, -0.05) is 23.7 Å². The Morgan fingerprint density at radius 3 is 2.69 bits per heavy atom. The fourth-order valence-corrected chi connectivity index (χ4v) is 3.20. The monoisotopic (exact) mass is 406 g/mol. The molecule has 3 aromatic heterocycles. The number of nitrogens with zero attached hydrogens (tertiary/aromatic N) is 4. The topological polar surface area (TPSA) is 88.5 Å². The number of anilines is 1. The van der Waals surface area contributed by atoms with Crippen molar-refractivity contribution in [3.8, 4) is 11.3 Å². The van der Waals surface area contributed by atoms with Crippen molar-refractivity contribution < 1.29 is 4.79 Å². The third-order valence-corrected chi connectivity index (χ3v) is 5.17. The number of aromatic nitrogens is 5. The molecule has 0 spiro atoms. The van der Waals surface area contributed by atoms with Crippen LogP contribution in [0.2, 0.25) is 5.02 Å². The van der Waals surface area contributed by atoms with E-state index in [4.69, 9.17) is 11.6 Å². The van der Waals surface area contributed by atoms with Crippen LogP contribution in [-0.4, -0.2) is 30.9 Å². The van der Waals surface area contributed by atoms with E-state index in [2.05, 4.69) is 25.6 Å². The molecule has 0 aliphatic rings. The van der Waals surface area contributed by atoms with E-state index < -0.39 is 0 Å². The van der Waals surface area contributed by atoms with E-state index in [1.54, 1.807) is 24.5 Å². The van der Waals surface area contributed by atoms with E-state index in [0.717, 1.165) is 28.2 Å². The smallest absolute Gasteiger partial charge is 0.256 e. The van der Waals surface area contributed by atoms with E-state index in [1.807, 2.05) is 48.9 Å². The Balaban J connectivity index is 1.49. The number of amides is 1. The van der Waals surface area contributed by atoms with Crippen LogP contribution in [0.25, 0.3) is 11.3 Å². The molecule has 0 aliphatic carbocycles. The van der Waals surface area contributed by atoms with Gasteiger partial charge in [0.2, 0.25) is 0 Å². The molecule has 29 heavy (non-hydrogen) atoms. The zero-order chi connectivity index (χ0) is 20.4. The number of aromatic amines is 1. The van der Waals surface area contributed by atoms with Gasteiger partial charge in [0.05, 0.1) is 28.6 Å². The third kappa shape index (κ3) is 4.05. The van der Waals surface area contributed by atoms with Gasteiger partial charge in [0.1, 0.15) is 0 Å². The second-order valence-corrected chi connectivity index (χ2v) is 7.08. The maximum atomic E-state index is 12.7. The number of aryl methyl sites for hydroxylation is 1. The highest BCUT2D eigenvalue weighted by Crippen LogP contribution is 2.21. The van der Waals surface area contributed by atoms with Gasteiger partial charge in [-0.05, 0) is 43.7 Å². The molecule has 8 heteroatoms. The molecule has 0 fully saturated rings. The van der Waals surface area contributed by atoms with E-state index in [9.17, 15) is 4.79 Å². The average molecular weight is 407 g/mol. The van der Waals surface area contributed by atoms with Gasteiger partial charge in [0, 0.05) is 29.6 Å². The molecule has 146 valence electrons. The van der Waals surface area contributed by atoms with E-state index in [-0.39, 0.29) is 5.91 Å². The number of hydrogen-bond acceptors (Lipinski definition) is 4. The first-order valence-corrected chi connectivity index (χ1v) is 9.44. The lowest BCUT2D eigenvalue weighted by atomic mass is 10.1. The van der Waals surface area contributed by atoms with Gasteiger partial charge < -0.3 is 5.32 Å². The summed E-state index contributed by atoms with van der Waals surface area (Å²) in [5, 5.41) is 15.0. The highest BCUT2D eigenvalue weighted by molar-refractivity contribution is 6.31. The van der Waals surface area contributed by atoms with Crippen LogP contribution in [0, 0.1) is 13.8 Å². The van der Waals surface area contributed by atoms with Crippen LogP contribution in [0.4, 0.5) is 5.82 Å². The van der Waals surface area contributed by atoms with Crippen molar-refractivity contribution >= 4 is 23.3 Å². The number of carbonyl (C=O) groups is 1. The summed E-state index contributed by atoms with van der Waals surface area (Å²) in [5.41, 5.74) is 4.94. The lowest BCUT2D eigenvalue weighted by Crippen LogP contribution is -2.13. The first-order valence-electron chi connectivity index (χ1n) is 9.07. The van der Waals surface area contributed by atoms with Gasteiger partial charge in [-0.2, -0.15) is 10.2 Å². The molecule has 1 aromatic carbocycles. The van der Waals surface area contributed by atoms with Crippen LogP contribution in [-0.2, 0) is 6.54 Å². The van der Waals surface area contributed by atoms with Gasteiger partial charge in [0.15, 0.2) is 5.82 Å². The van der Waals surface area contributed by atoms with Crippen molar-refractivity contribution in [3.05, 3.63) is 82.4 Å². The Hall–Kier alpha value is -3.45. The van der Waals surface area contributed by atoms with Crippen molar-refractivity contribution in [2.45, 2.75) is 20.4 Å². The van der Waals surface area contributed by atoms with Crippen LogP contribution < -0.4 is 5.32 Å². The Morgan fingerprint density at radius 1 is 1.17 bits per heavy atom. The first kappa shape index (κ1) is 18.9. The van der Waals surface area contributed by atoms with Crippen molar-refractivity contribution in [1.29, 1.82) is 0 Å². The molecule has 3 heterocycles. The quantitative estimate of drug-likeness (QED) is 0.518. The number of halogens is 1. The molecule has 4 rings (SSSR count). The molecule has 7 nitrogen and oxygen atoms in total. The summed E-state index contributed by atoms with van der Waals surface area (Å²) in [6.07, 6.45) is 3.41. The normalized spacial score (nSPS) is 10.9. The van der Waals surface area contributed by atoms with Crippen molar-refractivity contribution in [3.63, 3.8) is 0 Å². The molecule has 4 aromatic rings. The standard InChI is InChI=1S/C21H19ClN6O/c1-13-20(22)14(2)28(27-13)12-15-4-3-5-17(10-15)21(29)24-19-11-18(25-26-19)16-6-8-23-9-7-16/h3-11H,12H2,1-2H3,(H2,24,25,26,29). The largest absolute Gasteiger partial charge is 0.305 e. The Labute approximate surface area is 172 Å². The summed E-state index contributed by atoms with van der Waals surface area (Å²) in [5.74, 6) is 0.226. The molecule has 0 saturated carbocycles. The Bertz CT molecular complexity index is 1170. The maximum absolute atomic E-state index is 12.7. The molecule has 2 N–H and O–H groups in total. The Kier molecular flexibility index (Phi) is 5.14. The SMILES string of the molecule is Cc1nn(Cc2cccc(C(=O)Nc3cc(-c4ccncc4)[nH]n3)c2)c(C)c1Cl. The minimum Gasteiger partial charge on any atom is -0.305 e. The minimum atomic E-state index is -0.231. The number of H-pyrrole nitrogens is 1. The number of hydrogen-bond donors (Lipinski definition) is 2. The van der Waals surface area contributed by atoms with Crippen LogP contribution in [0.3, 0.4) is 0 Å². The average Bonchev–Trinajstić information content (AvgIpc) is 3.29. The molecule has 0 atom stereocenters. The first-order chi connectivity index (χ1) is 14.0. The predicted octanol–water partition coefficient (Wildman–Crippen LogP) is 4.24. The van der Waals surface area contributed by atoms with E-state index in [1.165, 1.54) is 0 Å². The Morgan fingerprint density at radius 2 is 1.97 bits per heavy atom. The molecule has 1 amide bonds. The highest BCUT2D eigenvalue weighted by Gasteiger charge is 2.12. The van der Waals surface area contributed by atoms with E-state index >= 15 is 0 Å². The van der Waals surface area contributed by atoms with Crippen LogP contribution in [0.1, 0.15) is 27.3 Å². The van der Waals surface area contributed by atoms with Crippen LogP contribution in [0.15, 0.2) is 54.9 Å². The highest BCUT2D eigenvalue weighted by atomic mass is 35.5. The second kappa shape index (κ2) is 7.89. The summed E-state index contributed by atoms with van der Waals surface area (Å²) in [6, 6.07) is 12.9. The summed E-state index contributed by atoms with van der Waals surface area (Å²) in [6.45, 7) is 4.34. The van der Waals surface area contributed by atoms with Crippen molar-refractivity contribution in [2.75, 3.05) is 5.32 Å². The molecule has 0 bridgehead atoms. The number of nitrogens with one attached hydrogen (secondary N) is 2. The fraction of sp³-hybridized carbons (Fsp3) is 0.143. The zero-order valence-corrected chi connectivity index (χ0v) is 16.7. The van der Waals surface area contributed by atoms with Gasteiger partial charge in [-0.15, -0.1) is 0 Å². The molecular formula is C21H19ClN6O. The molecule has 0 aliphatic heterocycles. The van der Waals surface area contributed by atoms with Crippen LogP contribution >= 0.6 is 11.6 Å². The molecule has 0 unspecified atom stereocenters. The van der Waals surface area contributed by atoms with Crippen molar-refractivity contribution in [1.82, 2.24) is 25.0 Å². The van der Waals surface area contributed by atoms with E-state index in [0.29, 0.717) is 22.9 Å². The third-order valence-electron chi connectivity index (χ3n) is 4.63. The number of carbonyl (C=O) groups excluding carboxylic acids is 1. The second-order valence-electron chi connectivity index (χ2n) is 6.70. The zero-order valence-electron chi connectivity index (χ0n) is 16.0. The lowest BCUT2D eigenvalue weighted by Gasteiger charge is -2.07. The molecule has 0 radical (unpaired) electrons. The van der Waals surface area contributed by atoms with Gasteiger partial charge in [-0.3, -0.25) is 19.6 Å².